The second kappa shape index (κ2) is 10.0. The fourth-order valence-electron chi connectivity index (χ4n) is 4.53. The van der Waals surface area contributed by atoms with Crippen LogP contribution in [0.4, 0.5) is 0 Å². The van der Waals surface area contributed by atoms with Crippen LogP contribution < -0.4 is 4.74 Å². The average molecular weight is 475 g/mol. The van der Waals surface area contributed by atoms with E-state index in [4.69, 9.17) is 4.74 Å². The Hall–Kier alpha value is -3.12. The summed E-state index contributed by atoms with van der Waals surface area (Å²) in [4.78, 5) is 31.8. The molecule has 176 valence electrons. The van der Waals surface area contributed by atoms with Gasteiger partial charge in [0.2, 0.25) is 5.91 Å². The van der Waals surface area contributed by atoms with Gasteiger partial charge in [-0.3, -0.25) is 9.59 Å². The molecule has 34 heavy (non-hydrogen) atoms. The predicted octanol–water partition coefficient (Wildman–Crippen LogP) is 5.11. The Labute approximate surface area is 205 Å². The fraction of sp³-hybridized carbons (Fsp3) is 0.357. The van der Waals surface area contributed by atoms with Gasteiger partial charge in [0.05, 0.1) is 6.04 Å². The molecule has 0 bridgehead atoms. The van der Waals surface area contributed by atoms with Crippen LogP contribution in [-0.4, -0.2) is 47.9 Å². The quantitative estimate of drug-likeness (QED) is 0.456. The Morgan fingerprint density at radius 3 is 2.56 bits per heavy atom. The first kappa shape index (κ1) is 22.7. The van der Waals surface area contributed by atoms with Gasteiger partial charge in [-0.05, 0) is 73.4 Å². The highest BCUT2D eigenvalue weighted by molar-refractivity contribution is 7.10. The number of hydrogen-bond donors (Lipinski definition) is 0. The fourth-order valence-corrected chi connectivity index (χ4v) is 5.46. The lowest BCUT2D eigenvalue weighted by molar-refractivity contribution is -0.135. The lowest BCUT2D eigenvalue weighted by Gasteiger charge is -2.37. The summed E-state index contributed by atoms with van der Waals surface area (Å²) < 4.78 is 6.13. The van der Waals surface area contributed by atoms with Crippen LogP contribution >= 0.6 is 11.3 Å². The van der Waals surface area contributed by atoms with Gasteiger partial charge in [0, 0.05) is 23.5 Å². The van der Waals surface area contributed by atoms with Crippen molar-refractivity contribution >= 4 is 23.2 Å². The van der Waals surface area contributed by atoms with Gasteiger partial charge in [-0.25, -0.2) is 0 Å². The van der Waals surface area contributed by atoms with Crippen molar-refractivity contribution in [2.45, 2.75) is 32.2 Å². The van der Waals surface area contributed by atoms with Crippen molar-refractivity contribution in [3.05, 3.63) is 87.6 Å². The molecule has 2 aliphatic rings. The number of benzene rings is 2. The van der Waals surface area contributed by atoms with Crippen molar-refractivity contribution in [1.29, 1.82) is 0 Å². The van der Waals surface area contributed by atoms with Crippen LogP contribution in [0.25, 0.3) is 0 Å². The lowest BCUT2D eigenvalue weighted by Crippen LogP contribution is -2.48. The van der Waals surface area contributed by atoms with E-state index < -0.39 is 0 Å². The minimum Gasteiger partial charge on any atom is -0.491 e. The molecule has 0 saturated heterocycles. The van der Waals surface area contributed by atoms with E-state index in [-0.39, 0.29) is 24.4 Å². The van der Waals surface area contributed by atoms with Crippen LogP contribution in [0.2, 0.25) is 0 Å². The molecule has 2 heterocycles. The second-order valence-electron chi connectivity index (χ2n) is 9.27. The highest BCUT2D eigenvalue weighted by atomic mass is 32.1. The molecule has 0 radical (unpaired) electrons. The number of carbonyl (C=O) groups is 2. The Bertz CT molecular complexity index is 1140. The van der Waals surface area contributed by atoms with Gasteiger partial charge in [0.25, 0.3) is 5.91 Å². The van der Waals surface area contributed by atoms with E-state index in [0.717, 1.165) is 25.0 Å². The largest absolute Gasteiger partial charge is 0.491 e. The molecule has 1 saturated carbocycles. The highest BCUT2D eigenvalue weighted by Gasteiger charge is 2.35. The summed E-state index contributed by atoms with van der Waals surface area (Å²) in [5.41, 5.74) is 2.98. The van der Waals surface area contributed by atoms with Crippen LogP contribution in [0, 0.1) is 12.8 Å². The van der Waals surface area contributed by atoms with Gasteiger partial charge in [-0.1, -0.05) is 35.9 Å². The van der Waals surface area contributed by atoms with Crippen molar-refractivity contribution < 1.29 is 14.3 Å². The maximum Gasteiger partial charge on any atom is 0.254 e. The maximum absolute atomic E-state index is 13.6. The van der Waals surface area contributed by atoms with Crippen molar-refractivity contribution in [3.63, 3.8) is 0 Å². The zero-order valence-electron chi connectivity index (χ0n) is 19.5. The molecule has 5 nitrogen and oxygen atoms in total. The monoisotopic (exact) mass is 474 g/mol. The molecule has 1 aromatic heterocycles. The second-order valence-corrected chi connectivity index (χ2v) is 10.3. The van der Waals surface area contributed by atoms with E-state index in [0.29, 0.717) is 31.2 Å². The van der Waals surface area contributed by atoms with Crippen molar-refractivity contribution in [2.75, 3.05) is 26.2 Å². The Balaban J connectivity index is 1.33. The van der Waals surface area contributed by atoms with Crippen LogP contribution in [0.5, 0.6) is 5.75 Å². The van der Waals surface area contributed by atoms with E-state index in [1.807, 2.05) is 66.4 Å². The van der Waals surface area contributed by atoms with Gasteiger partial charge in [0.15, 0.2) is 0 Å². The molecule has 0 unspecified atom stereocenters. The minimum atomic E-state index is -0.154. The van der Waals surface area contributed by atoms with E-state index in [1.54, 1.807) is 16.2 Å². The number of fused-ring (bicyclic) bond motifs is 1. The average Bonchev–Trinajstić information content (AvgIpc) is 3.55. The molecular weight excluding hydrogens is 444 g/mol. The van der Waals surface area contributed by atoms with Gasteiger partial charge >= 0.3 is 0 Å². The molecule has 1 atom stereocenters. The summed E-state index contributed by atoms with van der Waals surface area (Å²) in [6.45, 7) is 3.83. The molecule has 0 spiro atoms. The molecule has 2 aromatic carbocycles. The van der Waals surface area contributed by atoms with E-state index in [2.05, 4.69) is 11.4 Å². The Morgan fingerprint density at radius 1 is 1.06 bits per heavy atom. The summed E-state index contributed by atoms with van der Waals surface area (Å²) in [7, 11) is 0. The van der Waals surface area contributed by atoms with Gasteiger partial charge < -0.3 is 14.5 Å². The lowest BCUT2D eigenvalue weighted by atomic mass is 10.00. The maximum atomic E-state index is 13.6. The number of hydrogen-bond acceptors (Lipinski definition) is 4. The standard InChI is InChI=1S/C28H30N2O3S/c1-20-7-11-23(12-8-20)33-19-25-24-14-16-34-26(24)13-15-30(25)27(31)18-29(17-21-9-10-21)28(32)22-5-3-2-4-6-22/h2-8,11-12,14,16,21,25H,9-10,13,15,17-19H2,1H3/t25-/m1/s1. The molecule has 2 amide bonds. The number of nitrogens with zero attached hydrogens (tertiary/aromatic N) is 2. The van der Waals surface area contributed by atoms with Crippen molar-refractivity contribution in [3.8, 4) is 5.75 Å². The van der Waals surface area contributed by atoms with Crippen LogP contribution in [0.3, 0.4) is 0 Å². The molecular formula is C28H30N2O3S. The molecule has 0 N–H and O–H groups in total. The zero-order valence-corrected chi connectivity index (χ0v) is 20.3. The van der Waals surface area contributed by atoms with Gasteiger partial charge in [-0.2, -0.15) is 0 Å². The van der Waals surface area contributed by atoms with E-state index in [1.165, 1.54) is 16.0 Å². The summed E-state index contributed by atoms with van der Waals surface area (Å²) in [6, 6.07) is 19.2. The van der Waals surface area contributed by atoms with Gasteiger partial charge in [-0.15, -0.1) is 11.3 Å². The summed E-state index contributed by atoms with van der Waals surface area (Å²) >= 11 is 1.74. The van der Waals surface area contributed by atoms with E-state index >= 15 is 0 Å². The first-order valence-corrected chi connectivity index (χ1v) is 12.9. The number of amides is 2. The summed E-state index contributed by atoms with van der Waals surface area (Å²) in [5.74, 6) is 1.22. The molecule has 1 fully saturated rings. The third-order valence-electron chi connectivity index (χ3n) is 6.65. The predicted molar refractivity (Wildman–Crippen MR) is 134 cm³/mol. The summed E-state index contributed by atoms with van der Waals surface area (Å²) in [5, 5.41) is 2.09. The minimum absolute atomic E-state index is 0.0145. The number of carbonyl (C=O) groups excluding carboxylic acids is 2. The first-order valence-electron chi connectivity index (χ1n) is 12.0. The number of aryl methyl sites for hydroxylation is 1. The van der Waals surface area contributed by atoms with Gasteiger partial charge in [0.1, 0.15) is 18.9 Å². The third kappa shape index (κ3) is 5.17. The molecule has 1 aliphatic carbocycles. The van der Waals surface area contributed by atoms with Crippen LogP contribution in [0.15, 0.2) is 66.0 Å². The molecule has 1 aliphatic heterocycles. The summed E-state index contributed by atoms with van der Waals surface area (Å²) in [6.07, 6.45) is 3.10. The Kier molecular flexibility index (Phi) is 6.68. The van der Waals surface area contributed by atoms with Crippen LogP contribution in [0.1, 0.15) is 45.2 Å². The highest BCUT2D eigenvalue weighted by Crippen LogP contribution is 2.35. The third-order valence-corrected chi connectivity index (χ3v) is 7.65. The number of thiophene rings is 1. The van der Waals surface area contributed by atoms with Crippen LogP contribution in [-0.2, 0) is 11.2 Å². The van der Waals surface area contributed by atoms with E-state index in [9.17, 15) is 9.59 Å². The van der Waals surface area contributed by atoms with Crippen molar-refractivity contribution in [1.82, 2.24) is 9.80 Å². The zero-order chi connectivity index (χ0) is 23.5. The molecule has 6 heteroatoms. The Morgan fingerprint density at radius 2 is 1.82 bits per heavy atom. The number of ether oxygens (including phenoxy) is 1. The SMILES string of the molecule is Cc1ccc(OC[C@@H]2c3ccsc3CCN2C(=O)CN(CC2CC2)C(=O)c2ccccc2)cc1. The van der Waals surface area contributed by atoms with Crippen molar-refractivity contribution in [2.24, 2.45) is 5.92 Å². The topological polar surface area (TPSA) is 49.9 Å². The first-order chi connectivity index (χ1) is 16.6. The normalized spacial score (nSPS) is 17.2. The number of rotatable bonds is 8. The molecule has 5 rings (SSSR count). The molecule has 3 aromatic rings. The smallest absolute Gasteiger partial charge is 0.254 e.